The second-order valence-electron chi connectivity index (χ2n) is 4.30. The Kier molecular flexibility index (Phi) is 4.39. The molecule has 3 heteroatoms. The number of hydrogen-bond acceptors (Lipinski definition) is 2. The summed E-state index contributed by atoms with van der Waals surface area (Å²) in [5.74, 6) is 2.79. The molecule has 2 rings (SSSR count). The first-order valence-electron chi connectivity index (χ1n) is 6.12. The Morgan fingerprint density at radius 2 is 1.85 bits per heavy atom. The third-order valence-electron chi connectivity index (χ3n) is 3.04. The fourth-order valence-corrected chi connectivity index (χ4v) is 2.06. The zero-order valence-corrected chi connectivity index (χ0v) is 11.4. The lowest BCUT2D eigenvalue weighted by molar-refractivity contribution is 0.185. The fraction of sp³-hybridized carbons (Fsp3) is 0.176. The number of terminal acetylenes is 1. The van der Waals surface area contributed by atoms with Crippen LogP contribution in [0.1, 0.15) is 11.1 Å². The van der Waals surface area contributed by atoms with E-state index in [0.29, 0.717) is 23.5 Å². The van der Waals surface area contributed by atoms with Gasteiger partial charge in [-0.3, -0.25) is 0 Å². The number of methoxy groups -OCH3 is 2. The first kappa shape index (κ1) is 14.1. The molecule has 2 nitrogen and oxygen atoms in total. The molecule has 20 heavy (non-hydrogen) atoms. The number of benzene rings is 2. The summed E-state index contributed by atoms with van der Waals surface area (Å²) in [5.41, 5.74) is 2.65. The zero-order valence-electron chi connectivity index (χ0n) is 11.4. The maximum absolute atomic E-state index is 14.2. The first-order chi connectivity index (χ1) is 9.69. The smallest absolute Gasteiger partial charge is 0.132 e. The molecular formula is C17H15FO2. The van der Waals surface area contributed by atoms with Gasteiger partial charge in [0.05, 0.1) is 13.7 Å². The van der Waals surface area contributed by atoms with Crippen molar-refractivity contribution < 1.29 is 13.9 Å². The van der Waals surface area contributed by atoms with Crippen LogP contribution >= 0.6 is 0 Å². The van der Waals surface area contributed by atoms with Crippen molar-refractivity contribution >= 4 is 0 Å². The molecule has 0 bridgehead atoms. The maximum atomic E-state index is 14.2. The zero-order chi connectivity index (χ0) is 14.5. The topological polar surface area (TPSA) is 18.5 Å². The van der Waals surface area contributed by atoms with Crippen molar-refractivity contribution in [3.63, 3.8) is 0 Å². The third kappa shape index (κ3) is 2.81. The Labute approximate surface area is 118 Å². The molecular weight excluding hydrogens is 255 g/mol. The highest BCUT2D eigenvalue weighted by Crippen LogP contribution is 2.30. The van der Waals surface area contributed by atoms with Crippen LogP contribution in [-0.4, -0.2) is 14.2 Å². The largest absolute Gasteiger partial charge is 0.497 e. The van der Waals surface area contributed by atoms with Gasteiger partial charge in [-0.15, -0.1) is 6.42 Å². The number of rotatable bonds is 4. The number of hydrogen-bond donors (Lipinski definition) is 0. The van der Waals surface area contributed by atoms with Crippen molar-refractivity contribution in [3.05, 3.63) is 53.3 Å². The highest BCUT2D eigenvalue weighted by molar-refractivity contribution is 5.69. The summed E-state index contributed by atoms with van der Waals surface area (Å²) in [7, 11) is 3.19. The van der Waals surface area contributed by atoms with E-state index in [1.807, 2.05) is 12.1 Å². The van der Waals surface area contributed by atoms with Gasteiger partial charge in [-0.05, 0) is 35.4 Å². The van der Waals surface area contributed by atoms with E-state index in [-0.39, 0.29) is 5.82 Å². The van der Waals surface area contributed by atoms with Crippen molar-refractivity contribution in [2.24, 2.45) is 0 Å². The van der Waals surface area contributed by atoms with Crippen LogP contribution in [0.5, 0.6) is 5.75 Å². The molecule has 0 aliphatic carbocycles. The maximum Gasteiger partial charge on any atom is 0.132 e. The highest BCUT2D eigenvalue weighted by Gasteiger charge is 2.11. The molecule has 0 aliphatic heterocycles. The van der Waals surface area contributed by atoms with Gasteiger partial charge in [0.2, 0.25) is 0 Å². The van der Waals surface area contributed by atoms with Crippen molar-refractivity contribution in [1.82, 2.24) is 0 Å². The van der Waals surface area contributed by atoms with Crippen LogP contribution in [0.2, 0.25) is 0 Å². The van der Waals surface area contributed by atoms with Crippen LogP contribution in [0, 0.1) is 18.2 Å². The summed E-state index contributed by atoms with van der Waals surface area (Å²) in [6, 6.07) is 10.2. The minimum atomic E-state index is -0.344. The Morgan fingerprint density at radius 3 is 2.45 bits per heavy atom. The van der Waals surface area contributed by atoms with E-state index < -0.39 is 0 Å². The van der Waals surface area contributed by atoms with Gasteiger partial charge in [0.25, 0.3) is 0 Å². The molecule has 102 valence electrons. The van der Waals surface area contributed by atoms with Crippen LogP contribution in [0.4, 0.5) is 4.39 Å². The van der Waals surface area contributed by atoms with Crippen LogP contribution in [0.25, 0.3) is 11.1 Å². The second kappa shape index (κ2) is 6.23. The molecule has 0 atom stereocenters. The third-order valence-corrected chi connectivity index (χ3v) is 3.04. The minimum Gasteiger partial charge on any atom is -0.497 e. The van der Waals surface area contributed by atoms with Crippen LogP contribution < -0.4 is 4.74 Å². The predicted octanol–water partition coefficient (Wildman–Crippen LogP) is 3.63. The molecule has 0 fully saturated rings. The quantitative estimate of drug-likeness (QED) is 0.790. The van der Waals surface area contributed by atoms with Crippen molar-refractivity contribution in [2.75, 3.05) is 14.2 Å². The normalized spacial score (nSPS) is 10.1. The molecule has 0 aliphatic rings. The van der Waals surface area contributed by atoms with Gasteiger partial charge in [0.15, 0.2) is 0 Å². The van der Waals surface area contributed by atoms with Gasteiger partial charge in [-0.1, -0.05) is 18.1 Å². The molecule has 0 spiro atoms. The van der Waals surface area contributed by atoms with Gasteiger partial charge < -0.3 is 9.47 Å². The number of ether oxygens (including phenoxy) is 2. The molecule has 0 radical (unpaired) electrons. The molecule has 0 saturated heterocycles. The van der Waals surface area contributed by atoms with Crippen LogP contribution in [0.15, 0.2) is 36.4 Å². The predicted molar refractivity (Wildman–Crippen MR) is 77.0 cm³/mol. The fourth-order valence-electron chi connectivity index (χ4n) is 2.06. The van der Waals surface area contributed by atoms with Gasteiger partial charge in [0, 0.05) is 18.2 Å². The molecule has 0 unspecified atom stereocenters. The Balaban J connectivity index is 2.54. The lowest BCUT2D eigenvalue weighted by Crippen LogP contribution is -1.96. The van der Waals surface area contributed by atoms with Crippen molar-refractivity contribution in [1.29, 1.82) is 0 Å². The average molecular weight is 270 g/mol. The van der Waals surface area contributed by atoms with E-state index in [9.17, 15) is 4.39 Å². The summed E-state index contributed by atoms with van der Waals surface area (Å²) in [4.78, 5) is 0. The van der Waals surface area contributed by atoms with Gasteiger partial charge >= 0.3 is 0 Å². The lowest BCUT2D eigenvalue weighted by Gasteiger charge is -2.12. The number of halogens is 1. The highest BCUT2D eigenvalue weighted by atomic mass is 19.1. The summed E-state index contributed by atoms with van der Waals surface area (Å²) in [6.07, 6.45) is 5.27. The van der Waals surface area contributed by atoms with Crippen molar-refractivity contribution in [2.45, 2.75) is 6.61 Å². The Bertz CT molecular complexity index is 657. The van der Waals surface area contributed by atoms with Crippen LogP contribution in [-0.2, 0) is 11.3 Å². The van der Waals surface area contributed by atoms with Crippen LogP contribution in [0.3, 0.4) is 0 Å². The Hall–Kier alpha value is -2.31. The summed E-state index contributed by atoms with van der Waals surface area (Å²) in [5, 5.41) is 0. The van der Waals surface area contributed by atoms with E-state index in [1.165, 1.54) is 6.07 Å². The standard InChI is InChI=1S/C17H15FO2/c1-4-12-5-7-16(17(18)9-12)15-8-6-14(20-3)10-13(15)11-19-2/h1,5-10H,11H2,2-3H3. The first-order valence-corrected chi connectivity index (χ1v) is 6.12. The SMILES string of the molecule is C#Cc1ccc(-c2ccc(OC)cc2COC)c(F)c1. The second-order valence-corrected chi connectivity index (χ2v) is 4.30. The summed E-state index contributed by atoms with van der Waals surface area (Å²) in [6.45, 7) is 0.378. The summed E-state index contributed by atoms with van der Waals surface area (Å²) < 4.78 is 24.5. The Morgan fingerprint density at radius 1 is 1.10 bits per heavy atom. The molecule has 0 heterocycles. The van der Waals surface area contributed by atoms with Gasteiger partial charge in [0.1, 0.15) is 11.6 Å². The van der Waals surface area contributed by atoms with E-state index in [2.05, 4.69) is 5.92 Å². The molecule has 2 aromatic rings. The van der Waals surface area contributed by atoms with E-state index in [0.717, 1.165) is 11.1 Å². The molecule has 0 saturated carbocycles. The van der Waals surface area contributed by atoms with Gasteiger partial charge in [-0.25, -0.2) is 4.39 Å². The lowest BCUT2D eigenvalue weighted by atomic mass is 9.98. The minimum absolute atomic E-state index is 0.344. The van der Waals surface area contributed by atoms with Crippen molar-refractivity contribution in [3.8, 4) is 29.2 Å². The van der Waals surface area contributed by atoms with E-state index >= 15 is 0 Å². The summed E-state index contributed by atoms with van der Waals surface area (Å²) >= 11 is 0. The van der Waals surface area contributed by atoms with E-state index in [4.69, 9.17) is 15.9 Å². The van der Waals surface area contributed by atoms with Gasteiger partial charge in [-0.2, -0.15) is 0 Å². The van der Waals surface area contributed by atoms with E-state index in [1.54, 1.807) is 32.4 Å². The average Bonchev–Trinajstić information content (AvgIpc) is 2.47. The monoisotopic (exact) mass is 270 g/mol. The molecule has 0 aromatic heterocycles. The molecule has 0 amide bonds. The molecule has 2 aromatic carbocycles. The molecule has 0 N–H and O–H groups in total.